The molecule has 3 heterocycles. The van der Waals surface area contributed by atoms with Crippen molar-refractivity contribution in [2.75, 3.05) is 26.2 Å². The molecule has 1 aromatic rings. The van der Waals surface area contributed by atoms with Crippen molar-refractivity contribution in [1.82, 2.24) is 19.6 Å². The summed E-state index contributed by atoms with van der Waals surface area (Å²) in [6, 6.07) is 0.373. The maximum atomic E-state index is 12.1. The molecule has 3 rings (SSSR count). The van der Waals surface area contributed by atoms with E-state index in [-0.39, 0.29) is 12.5 Å². The minimum atomic E-state index is 0.161. The van der Waals surface area contributed by atoms with Crippen LogP contribution in [0.15, 0.2) is 12.4 Å². The van der Waals surface area contributed by atoms with E-state index in [1.807, 2.05) is 22.8 Å². The third kappa shape index (κ3) is 3.33. The van der Waals surface area contributed by atoms with E-state index < -0.39 is 0 Å². The molecule has 0 radical (unpaired) electrons. The van der Waals surface area contributed by atoms with Crippen molar-refractivity contribution in [3.63, 3.8) is 0 Å². The molecule has 0 spiro atoms. The van der Waals surface area contributed by atoms with E-state index in [2.05, 4.69) is 16.2 Å². The lowest BCUT2D eigenvalue weighted by molar-refractivity contribution is -0.141. The van der Waals surface area contributed by atoms with Crippen LogP contribution in [0.4, 0.5) is 0 Å². The van der Waals surface area contributed by atoms with Gasteiger partial charge in [0.15, 0.2) is 0 Å². The molecule has 6 heteroatoms. The first-order valence-corrected chi connectivity index (χ1v) is 8.27. The molecule has 1 N–H and O–H groups in total. The molecule has 2 aliphatic rings. The van der Waals surface area contributed by atoms with E-state index in [0.29, 0.717) is 31.3 Å². The van der Waals surface area contributed by atoms with E-state index in [1.54, 1.807) is 0 Å². The number of hydrogen-bond acceptors (Lipinski definition) is 4. The Labute approximate surface area is 131 Å². The van der Waals surface area contributed by atoms with E-state index >= 15 is 0 Å². The summed E-state index contributed by atoms with van der Waals surface area (Å²) >= 11 is 0. The number of amides is 1. The van der Waals surface area contributed by atoms with Crippen molar-refractivity contribution < 1.29 is 9.90 Å². The second-order valence-corrected chi connectivity index (χ2v) is 6.58. The topological polar surface area (TPSA) is 61.6 Å². The summed E-state index contributed by atoms with van der Waals surface area (Å²) in [5.41, 5.74) is 1.25. The predicted octanol–water partition coefficient (Wildman–Crippen LogP) is 0.615. The minimum Gasteiger partial charge on any atom is -0.396 e. The average molecular weight is 306 g/mol. The maximum absolute atomic E-state index is 12.1. The van der Waals surface area contributed by atoms with Crippen molar-refractivity contribution in [3.05, 3.63) is 18.0 Å². The number of aromatic nitrogens is 2. The van der Waals surface area contributed by atoms with Crippen molar-refractivity contribution in [2.45, 2.75) is 38.3 Å². The number of carbonyl (C=O) groups is 1. The van der Waals surface area contributed by atoms with E-state index in [4.69, 9.17) is 5.11 Å². The number of carbonyl (C=O) groups excluding carboxylic acids is 1. The normalized spacial score (nSPS) is 26.3. The summed E-state index contributed by atoms with van der Waals surface area (Å²) < 4.78 is 1.85. The Balaban J connectivity index is 1.60. The van der Waals surface area contributed by atoms with Gasteiger partial charge in [0, 0.05) is 64.1 Å². The predicted molar refractivity (Wildman–Crippen MR) is 83.0 cm³/mol. The molecule has 2 fully saturated rings. The van der Waals surface area contributed by atoms with Gasteiger partial charge in [-0.15, -0.1) is 0 Å². The minimum absolute atomic E-state index is 0.161. The maximum Gasteiger partial charge on any atom is 0.222 e. The summed E-state index contributed by atoms with van der Waals surface area (Å²) in [6.07, 6.45) is 7.40. The second-order valence-electron chi connectivity index (χ2n) is 6.58. The fraction of sp³-hybridized carbons (Fsp3) is 0.750. The Morgan fingerprint density at radius 3 is 3.00 bits per heavy atom. The summed E-state index contributed by atoms with van der Waals surface area (Å²) in [4.78, 5) is 16.7. The number of piperidine rings is 2. The molecule has 0 unspecified atom stereocenters. The summed E-state index contributed by atoms with van der Waals surface area (Å²) in [5.74, 6) is 0.845. The van der Waals surface area contributed by atoms with Gasteiger partial charge in [0.2, 0.25) is 5.91 Å². The third-order valence-corrected chi connectivity index (χ3v) is 4.95. The lowest BCUT2D eigenvalue weighted by atomic mass is 9.83. The van der Waals surface area contributed by atoms with Crippen LogP contribution in [0.25, 0.3) is 0 Å². The third-order valence-electron chi connectivity index (χ3n) is 4.95. The van der Waals surface area contributed by atoms with Crippen molar-refractivity contribution in [3.8, 4) is 0 Å². The smallest absolute Gasteiger partial charge is 0.222 e. The Morgan fingerprint density at radius 2 is 2.27 bits per heavy atom. The molecular weight excluding hydrogens is 280 g/mol. The van der Waals surface area contributed by atoms with Gasteiger partial charge >= 0.3 is 0 Å². The van der Waals surface area contributed by atoms with Crippen LogP contribution < -0.4 is 0 Å². The van der Waals surface area contributed by atoms with Gasteiger partial charge in [0.25, 0.3) is 0 Å². The Bertz CT molecular complexity index is 516. The van der Waals surface area contributed by atoms with Crippen molar-refractivity contribution in [1.29, 1.82) is 0 Å². The Kier molecular flexibility index (Phi) is 4.78. The first kappa shape index (κ1) is 15.5. The zero-order valence-electron chi connectivity index (χ0n) is 13.3. The fourth-order valence-corrected chi connectivity index (χ4v) is 3.91. The molecule has 22 heavy (non-hydrogen) atoms. The van der Waals surface area contributed by atoms with Gasteiger partial charge in [-0.3, -0.25) is 14.4 Å². The van der Waals surface area contributed by atoms with Gasteiger partial charge in [-0.25, -0.2) is 0 Å². The molecule has 1 aromatic heterocycles. The van der Waals surface area contributed by atoms with E-state index in [1.165, 1.54) is 5.56 Å². The number of hydrogen-bond donors (Lipinski definition) is 1. The van der Waals surface area contributed by atoms with Gasteiger partial charge in [-0.05, 0) is 25.2 Å². The number of aryl methyl sites for hydroxylation is 1. The molecule has 2 saturated heterocycles. The zero-order chi connectivity index (χ0) is 15.5. The zero-order valence-corrected chi connectivity index (χ0v) is 13.3. The van der Waals surface area contributed by atoms with Gasteiger partial charge in [-0.1, -0.05) is 0 Å². The van der Waals surface area contributed by atoms with Crippen molar-refractivity contribution >= 4 is 5.91 Å². The van der Waals surface area contributed by atoms with Gasteiger partial charge in [0.05, 0.1) is 6.20 Å². The first-order chi connectivity index (χ1) is 10.7. The van der Waals surface area contributed by atoms with E-state index in [0.717, 1.165) is 32.5 Å². The highest BCUT2D eigenvalue weighted by atomic mass is 16.3. The Hall–Kier alpha value is -1.40. The number of nitrogens with zero attached hydrogens (tertiary/aromatic N) is 4. The molecule has 6 nitrogen and oxygen atoms in total. The van der Waals surface area contributed by atoms with Crippen LogP contribution in [0.1, 0.15) is 31.2 Å². The monoisotopic (exact) mass is 306 g/mol. The second kappa shape index (κ2) is 6.79. The summed E-state index contributed by atoms with van der Waals surface area (Å²) in [7, 11) is 1.95. The first-order valence-electron chi connectivity index (χ1n) is 8.27. The highest BCUT2D eigenvalue weighted by Gasteiger charge is 2.38. The average Bonchev–Trinajstić information content (AvgIpc) is 2.91. The van der Waals surface area contributed by atoms with Crippen LogP contribution >= 0.6 is 0 Å². The van der Waals surface area contributed by atoms with Gasteiger partial charge < -0.3 is 10.0 Å². The molecule has 1 amide bonds. The molecule has 2 aliphatic heterocycles. The van der Waals surface area contributed by atoms with Crippen LogP contribution in [0, 0.1) is 5.92 Å². The Morgan fingerprint density at radius 1 is 1.41 bits per heavy atom. The molecule has 2 atom stereocenters. The molecule has 0 bridgehead atoms. The lowest BCUT2D eigenvalue weighted by Gasteiger charge is -2.47. The van der Waals surface area contributed by atoms with Crippen LogP contribution in [0.3, 0.4) is 0 Å². The van der Waals surface area contributed by atoms with E-state index in [9.17, 15) is 4.79 Å². The van der Waals surface area contributed by atoms with Gasteiger partial charge in [0.1, 0.15) is 0 Å². The quantitative estimate of drug-likeness (QED) is 0.866. The summed E-state index contributed by atoms with van der Waals surface area (Å²) in [5, 5.41) is 13.3. The number of rotatable bonds is 5. The molecule has 122 valence electrons. The van der Waals surface area contributed by atoms with Crippen LogP contribution in [-0.2, 0) is 18.4 Å². The number of likely N-dealkylation sites (tertiary alicyclic amines) is 2. The molecule has 0 saturated carbocycles. The number of fused-ring (bicyclic) bond motifs is 1. The largest absolute Gasteiger partial charge is 0.396 e. The number of aliphatic hydroxyl groups is 1. The molecule has 0 aliphatic carbocycles. The van der Waals surface area contributed by atoms with Crippen molar-refractivity contribution in [2.24, 2.45) is 13.0 Å². The highest BCUT2D eigenvalue weighted by Crippen LogP contribution is 2.31. The lowest BCUT2D eigenvalue weighted by Crippen LogP contribution is -2.56. The van der Waals surface area contributed by atoms with Gasteiger partial charge in [-0.2, -0.15) is 5.10 Å². The van der Waals surface area contributed by atoms with Crippen LogP contribution in [0.2, 0.25) is 0 Å². The highest BCUT2D eigenvalue weighted by molar-refractivity contribution is 5.77. The molecular formula is C16H26N4O2. The fourth-order valence-electron chi connectivity index (χ4n) is 3.91. The van der Waals surface area contributed by atoms with Crippen LogP contribution in [0.5, 0.6) is 0 Å². The summed E-state index contributed by atoms with van der Waals surface area (Å²) in [6.45, 7) is 3.90. The number of aliphatic hydroxyl groups excluding tert-OH is 1. The molecule has 0 aromatic carbocycles. The standard InChI is InChI=1S/C16H26N4O2/c1-18-10-13(9-17-18)11-19-7-5-15-14(12-19)3-4-16(22)20(15)6-2-8-21/h9-10,14-15,21H,2-8,11-12H2,1H3/t14-,15+/m0/s1. The van der Waals surface area contributed by atoms with Crippen LogP contribution in [-0.4, -0.2) is 62.9 Å². The SMILES string of the molecule is Cn1cc(CN2CC[C@@H]3[C@@H](CCC(=O)N3CCCO)C2)cn1.